The number of carbonyl (C=O) groups excluding carboxylic acids is 1. The summed E-state index contributed by atoms with van der Waals surface area (Å²) in [5, 5.41) is 9.17. The zero-order chi connectivity index (χ0) is 15.5. The molecule has 1 aromatic carbocycles. The molecule has 3 N–H and O–H groups in total. The summed E-state index contributed by atoms with van der Waals surface area (Å²) in [7, 11) is -4.06. The van der Waals surface area contributed by atoms with Crippen molar-refractivity contribution in [3.8, 4) is 0 Å². The van der Waals surface area contributed by atoms with Gasteiger partial charge in [0, 0.05) is 11.0 Å². The fourth-order valence-corrected chi connectivity index (χ4v) is 2.86. The van der Waals surface area contributed by atoms with Crippen LogP contribution in [0.2, 0.25) is 0 Å². The number of rotatable bonds is 4. The number of halogens is 1. The first-order valence-electron chi connectivity index (χ1n) is 5.71. The van der Waals surface area contributed by atoms with Crippen molar-refractivity contribution in [1.29, 1.82) is 0 Å². The molecule has 0 spiro atoms. The first-order chi connectivity index (χ1) is 9.86. The minimum Gasteiger partial charge on any atom is -0.321 e. The molecule has 1 aromatic heterocycles. The van der Waals surface area contributed by atoms with Gasteiger partial charge >= 0.3 is 0 Å². The maximum absolute atomic E-state index is 13.2. The summed E-state index contributed by atoms with van der Waals surface area (Å²) in [6.07, 6.45) is 2.79. The maximum Gasteiger partial charge on any atom is 0.248 e. The smallest absolute Gasteiger partial charge is 0.248 e. The highest BCUT2D eigenvalue weighted by molar-refractivity contribution is 7.89. The average molecular weight is 326 g/mol. The molecule has 2 rings (SSSR count). The first-order valence-corrected chi connectivity index (χ1v) is 8.14. The number of nitrogens with two attached hydrogens (primary N) is 1. The number of anilines is 1. The van der Waals surface area contributed by atoms with E-state index in [2.05, 4.69) is 5.32 Å². The van der Waals surface area contributed by atoms with Gasteiger partial charge in [0.15, 0.2) is 0 Å². The highest BCUT2D eigenvalue weighted by atomic mass is 32.2. The molecule has 1 amide bonds. The summed E-state index contributed by atoms with van der Waals surface area (Å²) >= 11 is 1.44. The van der Waals surface area contributed by atoms with Crippen LogP contribution in [0.15, 0.2) is 46.7 Å². The lowest BCUT2D eigenvalue weighted by atomic mass is 10.3. The normalized spacial score (nSPS) is 11.7. The summed E-state index contributed by atoms with van der Waals surface area (Å²) in [5.74, 6) is -1.26. The minimum atomic E-state index is -4.06. The largest absolute Gasteiger partial charge is 0.321 e. The predicted molar refractivity (Wildman–Crippen MR) is 79.8 cm³/mol. The lowest BCUT2D eigenvalue weighted by molar-refractivity contribution is -0.111. The predicted octanol–water partition coefficient (Wildman–Crippen LogP) is 2.19. The molecule has 0 radical (unpaired) electrons. The van der Waals surface area contributed by atoms with Crippen molar-refractivity contribution in [1.82, 2.24) is 0 Å². The second kappa shape index (κ2) is 6.17. The van der Waals surface area contributed by atoms with Crippen LogP contribution in [0.1, 0.15) is 4.88 Å². The summed E-state index contributed by atoms with van der Waals surface area (Å²) in [4.78, 5) is 12.3. The number of carbonyl (C=O) groups is 1. The molecule has 110 valence electrons. The molecule has 8 heteroatoms. The Balaban J connectivity index is 2.23. The van der Waals surface area contributed by atoms with E-state index in [0.29, 0.717) is 0 Å². The molecule has 0 saturated heterocycles. The van der Waals surface area contributed by atoms with Crippen molar-refractivity contribution in [2.24, 2.45) is 5.14 Å². The fourth-order valence-electron chi connectivity index (χ4n) is 1.57. The number of sulfonamides is 1. The number of hydrogen-bond donors (Lipinski definition) is 2. The molecule has 0 bridgehead atoms. The van der Waals surface area contributed by atoms with Gasteiger partial charge in [-0.1, -0.05) is 6.07 Å². The van der Waals surface area contributed by atoms with Gasteiger partial charge in [0.05, 0.1) is 5.69 Å². The highest BCUT2D eigenvalue weighted by Crippen LogP contribution is 2.21. The Labute approximate surface area is 125 Å². The third-order valence-corrected chi connectivity index (χ3v) is 4.25. The van der Waals surface area contributed by atoms with Crippen LogP contribution < -0.4 is 10.5 Å². The standard InChI is InChI=1S/C13H11FN2O3S2/c14-9-3-5-12(21(15,18)19)11(8-9)16-13(17)6-4-10-2-1-7-20-10/h1-8H,(H,16,17)(H2,15,18,19)/b6-4+. The monoisotopic (exact) mass is 326 g/mol. The Kier molecular flexibility index (Phi) is 4.51. The number of thiophene rings is 1. The summed E-state index contributed by atoms with van der Waals surface area (Å²) in [6.45, 7) is 0. The summed E-state index contributed by atoms with van der Waals surface area (Å²) in [6, 6.07) is 6.50. The van der Waals surface area contributed by atoms with Gasteiger partial charge in [0.25, 0.3) is 0 Å². The molecule has 1 heterocycles. The van der Waals surface area contributed by atoms with Crippen molar-refractivity contribution in [3.63, 3.8) is 0 Å². The third kappa shape index (κ3) is 4.22. The number of hydrogen-bond acceptors (Lipinski definition) is 4. The van der Waals surface area contributed by atoms with Crippen molar-refractivity contribution < 1.29 is 17.6 Å². The molecule has 0 aliphatic heterocycles. The van der Waals surface area contributed by atoms with Gasteiger partial charge in [-0.15, -0.1) is 11.3 Å². The first kappa shape index (κ1) is 15.4. The van der Waals surface area contributed by atoms with Gasteiger partial charge in [0.1, 0.15) is 10.7 Å². The average Bonchev–Trinajstić information content (AvgIpc) is 2.88. The molecule has 0 saturated carbocycles. The van der Waals surface area contributed by atoms with E-state index in [4.69, 9.17) is 5.14 Å². The van der Waals surface area contributed by atoms with E-state index in [-0.39, 0.29) is 10.6 Å². The SMILES string of the molecule is NS(=O)(=O)c1ccc(F)cc1NC(=O)/C=C/c1cccs1. The molecule has 0 unspecified atom stereocenters. The Morgan fingerprint density at radius 3 is 2.71 bits per heavy atom. The molecule has 21 heavy (non-hydrogen) atoms. The van der Waals surface area contributed by atoms with E-state index >= 15 is 0 Å². The van der Waals surface area contributed by atoms with E-state index in [1.165, 1.54) is 17.4 Å². The molecule has 0 atom stereocenters. The Bertz CT molecular complexity index is 784. The second-order valence-corrected chi connectivity index (χ2v) is 6.53. The zero-order valence-corrected chi connectivity index (χ0v) is 12.2. The second-order valence-electron chi connectivity index (χ2n) is 4.02. The lowest BCUT2D eigenvalue weighted by Gasteiger charge is -2.08. The van der Waals surface area contributed by atoms with Gasteiger partial charge in [-0.2, -0.15) is 0 Å². The molecule has 0 aliphatic rings. The van der Waals surface area contributed by atoms with Crippen LogP contribution in [0.25, 0.3) is 6.08 Å². The van der Waals surface area contributed by atoms with E-state index in [0.717, 1.165) is 23.1 Å². The quantitative estimate of drug-likeness (QED) is 0.844. The molecule has 2 aromatic rings. The minimum absolute atomic E-state index is 0.196. The molecule has 5 nitrogen and oxygen atoms in total. The van der Waals surface area contributed by atoms with Crippen molar-refractivity contribution in [2.75, 3.05) is 5.32 Å². The van der Waals surface area contributed by atoms with Crippen LogP contribution in [0.5, 0.6) is 0 Å². The Morgan fingerprint density at radius 2 is 2.10 bits per heavy atom. The Hall–Kier alpha value is -2.03. The van der Waals surface area contributed by atoms with Gasteiger partial charge in [0.2, 0.25) is 15.9 Å². The van der Waals surface area contributed by atoms with Crippen molar-refractivity contribution in [3.05, 3.63) is 52.5 Å². The fraction of sp³-hybridized carbons (Fsp3) is 0. The molecular formula is C13H11FN2O3S2. The van der Waals surface area contributed by atoms with Crippen LogP contribution in [0, 0.1) is 5.82 Å². The van der Waals surface area contributed by atoms with E-state index in [9.17, 15) is 17.6 Å². The van der Waals surface area contributed by atoms with E-state index in [1.807, 2.05) is 17.5 Å². The number of primary sulfonamides is 1. The van der Waals surface area contributed by atoms with E-state index < -0.39 is 21.7 Å². The summed E-state index contributed by atoms with van der Waals surface area (Å²) in [5.41, 5.74) is -0.196. The van der Waals surface area contributed by atoms with E-state index in [1.54, 1.807) is 6.08 Å². The number of nitrogens with one attached hydrogen (secondary N) is 1. The number of benzene rings is 1. The van der Waals surface area contributed by atoms with Gasteiger partial charge < -0.3 is 5.32 Å². The molecular weight excluding hydrogens is 315 g/mol. The highest BCUT2D eigenvalue weighted by Gasteiger charge is 2.15. The van der Waals surface area contributed by atoms with Crippen LogP contribution in [-0.4, -0.2) is 14.3 Å². The molecule has 0 fully saturated rings. The topological polar surface area (TPSA) is 89.3 Å². The van der Waals surface area contributed by atoms with Crippen LogP contribution >= 0.6 is 11.3 Å². The lowest BCUT2D eigenvalue weighted by Crippen LogP contribution is -2.17. The van der Waals surface area contributed by atoms with Crippen LogP contribution in [0.4, 0.5) is 10.1 Å². The number of amides is 1. The van der Waals surface area contributed by atoms with Crippen molar-refractivity contribution in [2.45, 2.75) is 4.90 Å². The Morgan fingerprint density at radius 1 is 1.33 bits per heavy atom. The van der Waals surface area contributed by atoms with Gasteiger partial charge in [-0.05, 0) is 35.7 Å². The van der Waals surface area contributed by atoms with Crippen LogP contribution in [0.3, 0.4) is 0 Å². The van der Waals surface area contributed by atoms with Gasteiger partial charge in [-0.25, -0.2) is 17.9 Å². The molecule has 0 aliphatic carbocycles. The summed E-state index contributed by atoms with van der Waals surface area (Å²) < 4.78 is 35.9. The van der Waals surface area contributed by atoms with Crippen LogP contribution in [-0.2, 0) is 14.8 Å². The third-order valence-electron chi connectivity index (χ3n) is 2.45. The van der Waals surface area contributed by atoms with Gasteiger partial charge in [-0.3, -0.25) is 4.79 Å². The van der Waals surface area contributed by atoms with Crippen molar-refractivity contribution >= 4 is 39.0 Å². The zero-order valence-electron chi connectivity index (χ0n) is 10.6. The maximum atomic E-state index is 13.2.